The molecule has 134 valence electrons. The van der Waals surface area contributed by atoms with Crippen LogP contribution in [0.25, 0.3) is 11.0 Å². The zero-order chi connectivity index (χ0) is 17.6. The average Bonchev–Trinajstić information content (AvgIpc) is 3.21. The van der Waals surface area contributed by atoms with E-state index in [1.165, 1.54) is 23.1 Å². The molecule has 4 heteroatoms. The van der Waals surface area contributed by atoms with Gasteiger partial charge in [0, 0.05) is 36.1 Å². The topological polar surface area (TPSA) is 42.7 Å². The smallest absolute Gasteiger partial charge is 0.227 e. The number of ether oxygens (including phenoxy) is 1. The molecular weight excluding hydrogens is 314 g/mol. The summed E-state index contributed by atoms with van der Waals surface area (Å²) in [5.41, 5.74) is 5.74. The van der Waals surface area contributed by atoms with E-state index in [0.29, 0.717) is 6.42 Å². The minimum absolute atomic E-state index is 0.204. The molecule has 1 amide bonds. The maximum atomic E-state index is 13.0. The molecule has 0 N–H and O–H groups in total. The van der Waals surface area contributed by atoms with Gasteiger partial charge >= 0.3 is 0 Å². The van der Waals surface area contributed by atoms with Gasteiger partial charge in [-0.1, -0.05) is 6.07 Å². The number of amides is 1. The van der Waals surface area contributed by atoms with Crippen molar-refractivity contribution in [1.82, 2.24) is 4.90 Å². The molecule has 4 nitrogen and oxygen atoms in total. The van der Waals surface area contributed by atoms with Crippen LogP contribution in [0, 0.1) is 26.2 Å². The van der Waals surface area contributed by atoms with E-state index in [2.05, 4.69) is 26.8 Å². The Morgan fingerprint density at radius 1 is 1.24 bits per heavy atom. The summed E-state index contributed by atoms with van der Waals surface area (Å²) < 4.78 is 11.4. The van der Waals surface area contributed by atoms with Crippen molar-refractivity contribution in [2.24, 2.45) is 5.41 Å². The van der Waals surface area contributed by atoms with Crippen LogP contribution < -0.4 is 0 Å². The molecule has 3 heterocycles. The van der Waals surface area contributed by atoms with Crippen LogP contribution in [0.15, 0.2) is 16.7 Å². The molecule has 1 atom stereocenters. The quantitative estimate of drug-likeness (QED) is 0.831. The lowest BCUT2D eigenvalue weighted by Gasteiger charge is -2.39. The van der Waals surface area contributed by atoms with E-state index in [1.807, 2.05) is 4.90 Å². The van der Waals surface area contributed by atoms with Gasteiger partial charge in [0.15, 0.2) is 0 Å². The molecule has 0 aliphatic carbocycles. The van der Waals surface area contributed by atoms with Gasteiger partial charge in [-0.05, 0) is 56.7 Å². The van der Waals surface area contributed by atoms with Crippen molar-refractivity contribution >= 4 is 16.9 Å². The van der Waals surface area contributed by atoms with Crippen molar-refractivity contribution in [3.05, 3.63) is 34.6 Å². The number of carbonyl (C=O) groups is 1. The minimum atomic E-state index is 0.204. The number of hydrogen-bond acceptors (Lipinski definition) is 3. The number of rotatable bonds is 2. The van der Waals surface area contributed by atoms with Gasteiger partial charge in [-0.25, -0.2) is 0 Å². The molecule has 2 fully saturated rings. The Kier molecular flexibility index (Phi) is 4.11. The van der Waals surface area contributed by atoms with Crippen molar-refractivity contribution < 1.29 is 13.9 Å². The van der Waals surface area contributed by atoms with Crippen LogP contribution in [0.2, 0.25) is 0 Å². The van der Waals surface area contributed by atoms with Crippen molar-refractivity contribution in [3.63, 3.8) is 0 Å². The standard InChI is InChI=1S/C21H27NO3/c1-14-9-15(2)19-17(11-25-20(19)16(14)3)10-18(23)22-7-4-5-21(12-22)6-8-24-13-21/h9,11H,4-8,10,12-13H2,1-3H3/t21-/m1/s1. The minimum Gasteiger partial charge on any atom is -0.464 e. The molecule has 0 saturated carbocycles. The van der Waals surface area contributed by atoms with Crippen LogP contribution >= 0.6 is 0 Å². The first-order valence-corrected chi connectivity index (χ1v) is 9.31. The maximum Gasteiger partial charge on any atom is 0.227 e. The van der Waals surface area contributed by atoms with Gasteiger partial charge in [0.1, 0.15) is 5.58 Å². The van der Waals surface area contributed by atoms with Gasteiger partial charge in [0.25, 0.3) is 0 Å². The lowest BCUT2D eigenvalue weighted by atomic mass is 9.79. The summed E-state index contributed by atoms with van der Waals surface area (Å²) in [6.45, 7) is 9.65. The fourth-order valence-electron chi connectivity index (χ4n) is 4.58. The lowest BCUT2D eigenvalue weighted by Crippen LogP contribution is -2.47. The number of nitrogens with zero attached hydrogens (tertiary/aromatic N) is 1. The first kappa shape index (κ1) is 16.6. The molecule has 2 saturated heterocycles. The Morgan fingerprint density at radius 3 is 2.84 bits per heavy atom. The van der Waals surface area contributed by atoms with Crippen molar-refractivity contribution in [2.75, 3.05) is 26.3 Å². The van der Waals surface area contributed by atoms with E-state index in [0.717, 1.165) is 55.7 Å². The van der Waals surface area contributed by atoms with Crippen molar-refractivity contribution in [2.45, 2.75) is 46.5 Å². The molecule has 0 unspecified atom stereocenters. The summed E-state index contributed by atoms with van der Waals surface area (Å²) in [7, 11) is 0. The summed E-state index contributed by atoms with van der Waals surface area (Å²) in [6.07, 6.45) is 5.55. The first-order valence-electron chi connectivity index (χ1n) is 9.31. The first-order chi connectivity index (χ1) is 12.0. The van der Waals surface area contributed by atoms with E-state index in [4.69, 9.17) is 9.15 Å². The monoisotopic (exact) mass is 341 g/mol. The van der Waals surface area contributed by atoms with E-state index < -0.39 is 0 Å². The fraction of sp³-hybridized carbons (Fsp3) is 0.571. The predicted octanol–water partition coefficient (Wildman–Crippen LogP) is 3.93. The van der Waals surface area contributed by atoms with Crippen molar-refractivity contribution in [3.8, 4) is 0 Å². The van der Waals surface area contributed by atoms with Crippen molar-refractivity contribution in [1.29, 1.82) is 0 Å². The Balaban J connectivity index is 1.57. The molecule has 0 bridgehead atoms. The second-order valence-electron chi connectivity index (χ2n) is 8.00. The predicted molar refractivity (Wildman–Crippen MR) is 97.8 cm³/mol. The largest absolute Gasteiger partial charge is 0.464 e. The second kappa shape index (κ2) is 6.17. The summed E-state index contributed by atoms with van der Waals surface area (Å²) >= 11 is 0. The number of furan rings is 1. The highest BCUT2D eigenvalue weighted by atomic mass is 16.5. The van der Waals surface area contributed by atoms with E-state index in [-0.39, 0.29) is 11.3 Å². The van der Waals surface area contributed by atoms with Gasteiger partial charge in [0.05, 0.1) is 19.3 Å². The fourth-order valence-corrected chi connectivity index (χ4v) is 4.58. The molecule has 1 aromatic heterocycles. The molecule has 1 spiro atoms. The van der Waals surface area contributed by atoms with E-state index in [9.17, 15) is 4.79 Å². The Morgan fingerprint density at radius 2 is 2.08 bits per heavy atom. The highest BCUT2D eigenvalue weighted by molar-refractivity contribution is 5.92. The number of likely N-dealkylation sites (tertiary alicyclic amines) is 1. The Labute approximate surface area is 149 Å². The third-order valence-electron chi connectivity index (χ3n) is 6.17. The Hall–Kier alpha value is -1.81. The molecular formula is C21H27NO3. The number of hydrogen-bond donors (Lipinski definition) is 0. The van der Waals surface area contributed by atoms with Gasteiger partial charge in [-0.15, -0.1) is 0 Å². The molecule has 25 heavy (non-hydrogen) atoms. The zero-order valence-corrected chi connectivity index (χ0v) is 15.5. The average molecular weight is 341 g/mol. The van der Waals surface area contributed by atoms with Gasteiger partial charge in [-0.2, -0.15) is 0 Å². The second-order valence-corrected chi connectivity index (χ2v) is 8.00. The molecule has 2 aliphatic rings. The number of piperidine rings is 1. The van der Waals surface area contributed by atoms with E-state index in [1.54, 1.807) is 6.26 Å². The van der Waals surface area contributed by atoms with Crippen LogP contribution in [0.4, 0.5) is 0 Å². The summed E-state index contributed by atoms with van der Waals surface area (Å²) in [4.78, 5) is 15.0. The summed E-state index contributed by atoms with van der Waals surface area (Å²) in [5.74, 6) is 0.214. The normalized spacial score (nSPS) is 23.7. The van der Waals surface area contributed by atoms with Crippen LogP contribution in [0.3, 0.4) is 0 Å². The van der Waals surface area contributed by atoms with Gasteiger partial charge in [0.2, 0.25) is 5.91 Å². The SMILES string of the molecule is Cc1cc(C)c2c(CC(=O)N3CCC[C@@]4(CCOC4)C3)coc2c1C. The number of fused-ring (bicyclic) bond motifs is 1. The van der Waals surface area contributed by atoms with Crippen LogP contribution in [0.1, 0.15) is 41.5 Å². The molecule has 2 aromatic rings. The lowest BCUT2D eigenvalue weighted by molar-refractivity contribution is -0.134. The van der Waals surface area contributed by atoms with Crippen LogP contribution in [-0.2, 0) is 16.0 Å². The Bertz CT molecular complexity index is 814. The highest BCUT2D eigenvalue weighted by Gasteiger charge is 2.40. The zero-order valence-electron chi connectivity index (χ0n) is 15.5. The summed E-state index contributed by atoms with van der Waals surface area (Å²) in [6, 6.07) is 2.19. The molecule has 2 aliphatic heterocycles. The molecule has 4 rings (SSSR count). The molecule has 1 aromatic carbocycles. The van der Waals surface area contributed by atoms with Gasteiger partial charge < -0.3 is 14.1 Å². The maximum absolute atomic E-state index is 13.0. The third-order valence-corrected chi connectivity index (χ3v) is 6.17. The van der Waals surface area contributed by atoms with E-state index >= 15 is 0 Å². The number of benzene rings is 1. The highest BCUT2D eigenvalue weighted by Crippen LogP contribution is 2.38. The third kappa shape index (κ3) is 2.86. The van der Waals surface area contributed by atoms with Crippen LogP contribution in [0.5, 0.6) is 0 Å². The number of carbonyl (C=O) groups excluding carboxylic acids is 1. The molecule has 0 radical (unpaired) electrons. The van der Waals surface area contributed by atoms with Crippen LogP contribution in [-0.4, -0.2) is 37.1 Å². The summed E-state index contributed by atoms with van der Waals surface area (Å²) in [5, 5.41) is 1.12. The van der Waals surface area contributed by atoms with Gasteiger partial charge in [-0.3, -0.25) is 4.79 Å². The number of aryl methyl sites for hydroxylation is 3.